The first-order chi connectivity index (χ1) is 15.6. The third kappa shape index (κ3) is 6.80. The summed E-state index contributed by atoms with van der Waals surface area (Å²) >= 11 is 1.37. The van der Waals surface area contributed by atoms with E-state index in [9.17, 15) is 23.3 Å². The Morgan fingerprint density at radius 2 is 1.67 bits per heavy atom. The van der Waals surface area contributed by atoms with Crippen LogP contribution in [0.2, 0.25) is 0 Å². The molecule has 33 heavy (non-hydrogen) atoms. The minimum Gasteiger partial charge on any atom is -0.325 e. The lowest BCUT2D eigenvalue weighted by Crippen LogP contribution is -2.15. The van der Waals surface area contributed by atoms with Crippen LogP contribution in [0.5, 0.6) is 0 Å². The molecule has 0 spiro atoms. The maximum atomic E-state index is 12.7. The minimum atomic E-state index is -3.76. The second kappa shape index (κ2) is 10.5. The number of nitro groups is 1. The van der Waals surface area contributed by atoms with Gasteiger partial charge >= 0.3 is 0 Å². The highest BCUT2D eigenvalue weighted by atomic mass is 32.2. The van der Waals surface area contributed by atoms with Gasteiger partial charge in [-0.05, 0) is 55.3 Å². The van der Waals surface area contributed by atoms with Gasteiger partial charge in [-0.1, -0.05) is 29.8 Å². The fraction of sp³-hybridized carbons (Fsp3) is 0.174. The highest BCUT2D eigenvalue weighted by molar-refractivity contribution is 7.99. The predicted molar refractivity (Wildman–Crippen MR) is 131 cm³/mol. The number of anilines is 2. The molecule has 0 aromatic heterocycles. The Hall–Kier alpha value is -3.37. The van der Waals surface area contributed by atoms with Crippen molar-refractivity contribution >= 4 is 44.8 Å². The normalized spacial score (nSPS) is 11.1. The van der Waals surface area contributed by atoms with Gasteiger partial charge < -0.3 is 5.32 Å². The van der Waals surface area contributed by atoms with Crippen LogP contribution in [0.4, 0.5) is 17.1 Å². The molecule has 0 radical (unpaired) electrons. The molecule has 3 aromatic rings. The first kappa shape index (κ1) is 24.3. The molecular weight excluding hydrogens is 462 g/mol. The molecule has 10 heteroatoms. The Balaban J connectivity index is 1.52. The van der Waals surface area contributed by atoms with Crippen LogP contribution < -0.4 is 10.0 Å². The number of hydrogen-bond donors (Lipinski definition) is 2. The van der Waals surface area contributed by atoms with Gasteiger partial charge in [-0.25, -0.2) is 8.42 Å². The smallest absolute Gasteiger partial charge is 0.269 e. The number of benzene rings is 3. The fourth-order valence-electron chi connectivity index (χ4n) is 3.02. The minimum absolute atomic E-state index is 0.0242. The van der Waals surface area contributed by atoms with Crippen molar-refractivity contribution in [3.05, 3.63) is 93.5 Å². The van der Waals surface area contributed by atoms with Gasteiger partial charge in [0, 0.05) is 23.6 Å². The summed E-state index contributed by atoms with van der Waals surface area (Å²) in [4.78, 5) is 22.5. The molecule has 0 aliphatic heterocycles. The number of nitrogens with zero attached hydrogens (tertiary/aromatic N) is 1. The molecule has 3 aromatic carbocycles. The van der Waals surface area contributed by atoms with Crippen LogP contribution in [-0.2, 0) is 20.6 Å². The van der Waals surface area contributed by atoms with Gasteiger partial charge in [0.05, 0.1) is 21.3 Å². The molecule has 1 amide bonds. The van der Waals surface area contributed by atoms with Crippen LogP contribution >= 0.6 is 11.8 Å². The quantitative estimate of drug-likeness (QED) is 0.329. The molecule has 0 saturated carbocycles. The van der Waals surface area contributed by atoms with Crippen LogP contribution in [0, 0.1) is 24.0 Å². The standard InChI is InChI=1S/C23H23N3O5S2/c1-16-3-12-22(17(2)13-16)25-33(30,31)21-10-6-19(7-11-21)24-23(27)15-32-14-18-4-8-20(9-5-18)26(28)29/h3-13,25H,14-15H2,1-2H3,(H,24,27). The zero-order valence-corrected chi connectivity index (χ0v) is 19.7. The molecule has 0 heterocycles. The van der Waals surface area contributed by atoms with E-state index in [1.165, 1.54) is 48.2 Å². The SMILES string of the molecule is Cc1ccc(NS(=O)(=O)c2ccc(NC(=O)CSCc3ccc([N+](=O)[O-])cc3)cc2)c(C)c1. The van der Waals surface area contributed by atoms with Gasteiger partial charge in [0.25, 0.3) is 15.7 Å². The Bertz CT molecular complexity index is 1260. The molecule has 172 valence electrons. The van der Waals surface area contributed by atoms with Crippen LogP contribution in [0.3, 0.4) is 0 Å². The van der Waals surface area contributed by atoms with Crippen LogP contribution in [0.15, 0.2) is 71.6 Å². The van der Waals surface area contributed by atoms with Gasteiger partial charge in [-0.3, -0.25) is 19.6 Å². The second-order valence-electron chi connectivity index (χ2n) is 7.41. The van der Waals surface area contributed by atoms with Crippen LogP contribution in [-0.4, -0.2) is 25.0 Å². The average Bonchev–Trinajstić information content (AvgIpc) is 2.76. The highest BCUT2D eigenvalue weighted by Gasteiger charge is 2.15. The lowest BCUT2D eigenvalue weighted by Gasteiger charge is -2.12. The number of sulfonamides is 1. The average molecular weight is 486 g/mol. The van der Waals surface area contributed by atoms with Crippen molar-refractivity contribution in [3.63, 3.8) is 0 Å². The molecule has 0 atom stereocenters. The summed E-state index contributed by atoms with van der Waals surface area (Å²) in [6.45, 7) is 3.77. The molecule has 0 bridgehead atoms. The number of thioether (sulfide) groups is 1. The number of nitrogens with one attached hydrogen (secondary N) is 2. The molecule has 2 N–H and O–H groups in total. The van der Waals surface area contributed by atoms with Gasteiger partial charge in [-0.15, -0.1) is 11.8 Å². The third-order valence-electron chi connectivity index (χ3n) is 4.72. The highest BCUT2D eigenvalue weighted by Crippen LogP contribution is 2.22. The van der Waals surface area contributed by atoms with Crippen molar-refractivity contribution in [3.8, 4) is 0 Å². The number of hydrogen-bond acceptors (Lipinski definition) is 6. The van der Waals surface area contributed by atoms with Gasteiger partial charge in [0.1, 0.15) is 0 Å². The van der Waals surface area contributed by atoms with E-state index in [0.29, 0.717) is 17.1 Å². The molecule has 0 aliphatic carbocycles. The van der Waals surface area contributed by atoms with E-state index in [-0.39, 0.29) is 22.2 Å². The molecule has 0 unspecified atom stereocenters. The topological polar surface area (TPSA) is 118 Å². The zero-order chi connectivity index (χ0) is 24.0. The maximum absolute atomic E-state index is 12.7. The number of amides is 1. The van der Waals surface area contributed by atoms with Crippen molar-refractivity contribution < 1.29 is 18.1 Å². The van der Waals surface area contributed by atoms with E-state index in [4.69, 9.17) is 0 Å². The summed E-state index contributed by atoms with van der Waals surface area (Å²) in [5, 5.41) is 13.4. The van der Waals surface area contributed by atoms with Gasteiger partial charge in [0.2, 0.25) is 5.91 Å². The second-order valence-corrected chi connectivity index (χ2v) is 10.1. The van der Waals surface area contributed by atoms with Gasteiger partial charge in [0.15, 0.2) is 0 Å². The Kier molecular flexibility index (Phi) is 7.72. The molecule has 8 nitrogen and oxygen atoms in total. The summed E-state index contributed by atoms with van der Waals surface area (Å²) in [6, 6.07) is 17.6. The Morgan fingerprint density at radius 1 is 1.00 bits per heavy atom. The zero-order valence-electron chi connectivity index (χ0n) is 18.1. The molecular formula is C23H23N3O5S2. The number of aryl methyl sites for hydroxylation is 2. The largest absolute Gasteiger partial charge is 0.325 e. The Labute approximate surface area is 196 Å². The first-order valence-electron chi connectivity index (χ1n) is 9.95. The van der Waals surface area contributed by atoms with E-state index >= 15 is 0 Å². The summed E-state index contributed by atoms with van der Waals surface area (Å²) in [5.74, 6) is 0.490. The molecule has 0 saturated heterocycles. The van der Waals surface area contributed by atoms with E-state index in [1.54, 1.807) is 18.2 Å². The molecule has 3 rings (SSSR count). The molecule has 0 fully saturated rings. The first-order valence-corrected chi connectivity index (χ1v) is 12.6. The number of carbonyl (C=O) groups excluding carboxylic acids is 1. The summed E-state index contributed by atoms with van der Waals surface area (Å²) in [5.41, 5.74) is 3.78. The third-order valence-corrected chi connectivity index (χ3v) is 7.11. The number of nitro benzene ring substituents is 1. The Morgan fingerprint density at radius 3 is 2.27 bits per heavy atom. The number of non-ortho nitro benzene ring substituents is 1. The van der Waals surface area contributed by atoms with E-state index in [0.717, 1.165) is 16.7 Å². The van der Waals surface area contributed by atoms with Crippen LogP contribution in [0.1, 0.15) is 16.7 Å². The monoisotopic (exact) mass is 485 g/mol. The van der Waals surface area contributed by atoms with Crippen molar-refractivity contribution in [2.45, 2.75) is 24.5 Å². The summed E-state index contributed by atoms with van der Waals surface area (Å²) in [6.07, 6.45) is 0. The fourth-order valence-corrected chi connectivity index (χ4v) is 4.94. The van der Waals surface area contributed by atoms with E-state index in [2.05, 4.69) is 10.0 Å². The van der Waals surface area contributed by atoms with Gasteiger partial charge in [-0.2, -0.15) is 0 Å². The van der Waals surface area contributed by atoms with E-state index in [1.807, 2.05) is 26.0 Å². The van der Waals surface area contributed by atoms with Crippen molar-refractivity contribution in [1.29, 1.82) is 0 Å². The predicted octanol–water partition coefficient (Wildman–Crippen LogP) is 4.88. The number of carbonyl (C=O) groups is 1. The molecule has 0 aliphatic rings. The van der Waals surface area contributed by atoms with Crippen molar-refractivity contribution in [1.82, 2.24) is 0 Å². The summed E-state index contributed by atoms with van der Waals surface area (Å²) in [7, 11) is -3.76. The van der Waals surface area contributed by atoms with Crippen molar-refractivity contribution in [2.75, 3.05) is 15.8 Å². The van der Waals surface area contributed by atoms with E-state index < -0.39 is 14.9 Å². The summed E-state index contributed by atoms with van der Waals surface area (Å²) < 4.78 is 27.9. The lowest BCUT2D eigenvalue weighted by atomic mass is 10.1. The maximum Gasteiger partial charge on any atom is 0.269 e. The van der Waals surface area contributed by atoms with Crippen LogP contribution in [0.25, 0.3) is 0 Å². The number of rotatable bonds is 9. The van der Waals surface area contributed by atoms with Crippen molar-refractivity contribution in [2.24, 2.45) is 0 Å². The lowest BCUT2D eigenvalue weighted by molar-refractivity contribution is -0.384.